The van der Waals surface area contributed by atoms with Crippen molar-refractivity contribution < 1.29 is 0 Å². The second-order valence-corrected chi connectivity index (χ2v) is 20.4. The van der Waals surface area contributed by atoms with E-state index in [9.17, 15) is 0 Å². The Labute approximate surface area is 295 Å². The summed E-state index contributed by atoms with van der Waals surface area (Å²) in [4.78, 5) is 0. The zero-order valence-corrected chi connectivity index (χ0v) is 35.8. The summed E-state index contributed by atoms with van der Waals surface area (Å²) in [6, 6.07) is 11.6. The third-order valence-electron chi connectivity index (χ3n) is 8.02. The van der Waals surface area contributed by atoms with Crippen LogP contribution in [0.4, 0.5) is 0 Å². The highest BCUT2D eigenvalue weighted by molar-refractivity contribution is 7.57. The van der Waals surface area contributed by atoms with Crippen LogP contribution in [0, 0.1) is 0 Å². The Morgan fingerprint density at radius 1 is 0.783 bits per heavy atom. The van der Waals surface area contributed by atoms with Crippen molar-refractivity contribution in [1.82, 2.24) is 10.2 Å². The summed E-state index contributed by atoms with van der Waals surface area (Å²) in [5.41, 5.74) is 3.21. The molecule has 0 spiro atoms. The third kappa shape index (κ3) is 31.0. The zero-order chi connectivity index (χ0) is 35.6. The number of hydrogen-bond acceptors (Lipinski definition) is 2. The van der Waals surface area contributed by atoms with Crippen molar-refractivity contribution in [2.24, 2.45) is 0 Å². The first-order valence-electron chi connectivity index (χ1n) is 18.8. The summed E-state index contributed by atoms with van der Waals surface area (Å²) in [5.74, 6) is 0.768. The smallest absolute Gasteiger partial charge is 0.0138 e. The topological polar surface area (TPSA) is 24.1 Å². The molecule has 0 bridgehead atoms. The van der Waals surface area contributed by atoms with Crippen LogP contribution >= 0.6 is 24.1 Å². The van der Waals surface area contributed by atoms with Crippen LogP contribution in [0.2, 0.25) is 0 Å². The fraction of sp³-hybridized carbons (Fsp3) is 0.707. The van der Waals surface area contributed by atoms with Crippen molar-refractivity contribution in [3.05, 3.63) is 72.9 Å². The van der Waals surface area contributed by atoms with Crippen molar-refractivity contribution >= 4 is 24.1 Å². The highest BCUT2D eigenvalue weighted by atomic mass is 31.1. The maximum absolute atomic E-state index is 3.85. The lowest BCUT2D eigenvalue weighted by atomic mass is 9.99. The summed E-state index contributed by atoms with van der Waals surface area (Å²) < 4.78 is 0. The monoisotopic (exact) mass is 695 g/mol. The van der Waals surface area contributed by atoms with E-state index in [0.717, 1.165) is 23.7 Å². The molecule has 1 rings (SSSR count). The molecule has 2 N–H and O–H groups in total. The Morgan fingerprint density at radius 3 is 1.87 bits per heavy atom. The van der Waals surface area contributed by atoms with Gasteiger partial charge >= 0.3 is 0 Å². The predicted molar refractivity (Wildman–Crippen MR) is 227 cm³/mol. The average Bonchev–Trinajstić information content (AvgIpc) is 3.07. The number of hydrogen-bond donors (Lipinski definition) is 2. The Kier molecular flexibility index (Phi) is 40.8. The van der Waals surface area contributed by atoms with Gasteiger partial charge in [0.2, 0.25) is 0 Å². The Morgan fingerprint density at radius 2 is 1.39 bits per heavy atom. The summed E-state index contributed by atoms with van der Waals surface area (Å²) in [5, 5.41) is 7.43. The van der Waals surface area contributed by atoms with Crippen LogP contribution in [0.1, 0.15) is 139 Å². The van der Waals surface area contributed by atoms with Crippen LogP contribution in [0.3, 0.4) is 0 Å². The first-order valence-corrected chi connectivity index (χ1v) is 24.4. The average molecular weight is 695 g/mol. The van der Waals surface area contributed by atoms with E-state index >= 15 is 0 Å². The number of benzene rings is 1. The van der Waals surface area contributed by atoms with Gasteiger partial charge in [-0.1, -0.05) is 169 Å². The lowest BCUT2D eigenvalue weighted by Gasteiger charge is -2.23. The predicted octanol–water partition coefficient (Wildman–Crippen LogP) is 14.2. The molecule has 1 aromatic carbocycles. The molecule has 0 radical (unpaired) electrons. The normalized spacial score (nSPS) is 13.8. The van der Waals surface area contributed by atoms with Crippen LogP contribution < -0.4 is 10.2 Å². The van der Waals surface area contributed by atoms with Gasteiger partial charge in [-0.3, -0.25) is 10.2 Å². The van der Waals surface area contributed by atoms with E-state index in [0.29, 0.717) is 6.04 Å². The highest BCUT2D eigenvalue weighted by Gasteiger charge is 2.15. The molecule has 0 heterocycles. The van der Waals surface area contributed by atoms with E-state index in [-0.39, 0.29) is 24.1 Å². The zero-order valence-electron chi connectivity index (χ0n) is 33.1. The van der Waals surface area contributed by atoms with Gasteiger partial charge in [0.1, 0.15) is 0 Å². The molecule has 0 aliphatic heterocycles. The van der Waals surface area contributed by atoms with E-state index in [2.05, 4.69) is 135 Å². The second-order valence-electron chi connectivity index (χ2n) is 12.3. The van der Waals surface area contributed by atoms with Crippen molar-refractivity contribution in [2.45, 2.75) is 151 Å². The molecule has 0 aliphatic rings. The molecule has 270 valence electrons. The number of allylic oxidation sites excluding steroid dienone is 4. The Bertz CT molecular complexity index is 790. The molecule has 2 nitrogen and oxygen atoms in total. The van der Waals surface area contributed by atoms with Gasteiger partial charge in [-0.2, -0.15) is 0 Å². The van der Waals surface area contributed by atoms with E-state index in [1.165, 1.54) is 75.5 Å². The Balaban J connectivity index is -0.000000602. The molecule has 0 saturated carbocycles. The van der Waals surface area contributed by atoms with Gasteiger partial charge in [0.05, 0.1) is 0 Å². The third-order valence-corrected chi connectivity index (χ3v) is 15.3. The van der Waals surface area contributed by atoms with E-state index in [1.54, 1.807) is 0 Å². The number of nitrogens with one attached hydrogen (secondary N) is 2. The molecule has 0 saturated heterocycles. The fourth-order valence-electron chi connectivity index (χ4n) is 4.38. The minimum absolute atomic E-state index is 0.0422. The highest BCUT2D eigenvalue weighted by Crippen LogP contribution is 2.42. The van der Waals surface area contributed by atoms with E-state index in [1.807, 2.05) is 32.1 Å². The molecule has 0 aromatic heterocycles. The molecular formula is C41H81N2P3. The number of rotatable bonds is 22. The molecule has 0 aliphatic carbocycles. The van der Waals surface area contributed by atoms with E-state index < -0.39 is 0 Å². The van der Waals surface area contributed by atoms with Crippen molar-refractivity contribution in [3.8, 4) is 0 Å². The van der Waals surface area contributed by atoms with Crippen LogP contribution in [0.15, 0.2) is 67.3 Å². The maximum atomic E-state index is 3.85. The molecule has 1 aromatic rings. The molecule has 0 amide bonds. The molecule has 4 unspecified atom stereocenters. The fourth-order valence-corrected chi connectivity index (χ4v) is 8.41. The van der Waals surface area contributed by atoms with Gasteiger partial charge < -0.3 is 0 Å². The van der Waals surface area contributed by atoms with E-state index in [4.69, 9.17) is 0 Å². The molecular weight excluding hydrogens is 613 g/mol. The van der Waals surface area contributed by atoms with Gasteiger partial charge in [0, 0.05) is 6.04 Å². The molecule has 4 atom stereocenters. The summed E-state index contributed by atoms with van der Waals surface area (Å²) in [6.45, 7) is 34.3. The minimum atomic E-state index is 0.0422. The van der Waals surface area contributed by atoms with Gasteiger partial charge in [0.15, 0.2) is 0 Å². The number of unbranched alkanes of at least 4 members (excludes halogenated alkanes) is 3. The van der Waals surface area contributed by atoms with Gasteiger partial charge in [-0.15, -0.1) is 7.92 Å². The van der Waals surface area contributed by atoms with Crippen LogP contribution in [0.25, 0.3) is 0 Å². The standard InChI is InChI=1S/C16H30NP.C14H23P.C9H22NP.C2H6/c1-5-9-11-12-13-15-16(14-10-6-2)17-18(7-3)8-4;1-5-13(11-15(4)12(2)3)14-9-7-6-8-10-14;1-5-6-7-8-10-11(4)9(2)3;1-2/h5,9,11-13,16-17H,1,6-8,10,14-15H2,2-4H3;6-10,12-13H,5,11H2,1-4H3;9-10H,5-8H2,1-4H3;1-2H3/b11-9-,13-12-;;;. The SMILES string of the molecule is C=C/C=C\C=C/CC(CCCC)NP(CC)CC.CC.CCC(CP(C)C(C)C)c1ccccc1.CCCCCNP(C)C(C)C. The van der Waals surface area contributed by atoms with Crippen molar-refractivity contribution in [1.29, 1.82) is 0 Å². The summed E-state index contributed by atoms with van der Waals surface area (Å²) in [7, 11) is 0.328. The maximum Gasteiger partial charge on any atom is 0.0138 e. The van der Waals surface area contributed by atoms with Crippen molar-refractivity contribution in [2.75, 3.05) is 38.4 Å². The molecule has 46 heavy (non-hydrogen) atoms. The minimum Gasteiger partial charge on any atom is -0.296 e. The van der Waals surface area contributed by atoms with Gasteiger partial charge in [0.25, 0.3) is 0 Å². The lowest BCUT2D eigenvalue weighted by molar-refractivity contribution is 0.548. The van der Waals surface area contributed by atoms with Crippen LogP contribution in [-0.4, -0.2) is 55.7 Å². The van der Waals surface area contributed by atoms with Gasteiger partial charge in [-0.25, -0.2) is 0 Å². The second kappa shape index (κ2) is 37.5. The molecule has 5 heteroatoms. The quantitative estimate of drug-likeness (QED) is 0.0717. The van der Waals surface area contributed by atoms with Gasteiger partial charge in [-0.05, 0) is 103 Å². The summed E-state index contributed by atoms with van der Waals surface area (Å²) >= 11 is 0. The first-order chi connectivity index (χ1) is 22.1. The largest absolute Gasteiger partial charge is 0.296 e. The summed E-state index contributed by atoms with van der Waals surface area (Å²) in [6.07, 6.45) is 24.5. The Hall–Kier alpha value is -0.350. The molecule has 0 fully saturated rings. The van der Waals surface area contributed by atoms with Crippen molar-refractivity contribution in [3.63, 3.8) is 0 Å². The van der Waals surface area contributed by atoms with Crippen LogP contribution in [0.5, 0.6) is 0 Å². The first kappa shape index (κ1) is 50.0. The van der Waals surface area contributed by atoms with Crippen LogP contribution in [-0.2, 0) is 0 Å². The lowest BCUT2D eigenvalue weighted by Crippen LogP contribution is -2.25.